The van der Waals surface area contributed by atoms with Crippen molar-refractivity contribution < 1.29 is 14.6 Å². The molecule has 3 heterocycles. The number of fused-ring (bicyclic) bond motifs is 2. The Hall–Kier alpha value is -2.01. The fourth-order valence-electron chi connectivity index (χ4n) is 6.53. The van der Waals surface area contributed by atoms with Gasteiger partial charge in [0, 0.05) is 24.4 Å². The zero-order valence-corrected chi connectivity index (χ0v) is 15.7. The van der Waals surface area contributed by atoms with E-state index in [1.54, 1.807) is 14.0 Å². The summed E-state index contributed by atoms with van der Waals surface area (Å²) < 4.78 is 5.35. The Kier molecular flexibility index (Phi) is 3.27. The number of phenolic OH excluding ortho intramolecular Hbond substituents is 1. The normalized spacial score (nSPS) is 36.2. The third-order valence-corrected chi connectivity index (χ3v) is 7.38. The number of hydrogen-bond donors (Lipinski definition) is 1. The fraction of sp³-hybridized carbons (Fsp3) is 0.571. The monoisotopic (exact) mass is 354 g/mol. The lowest BCUT2D eigenvalue weighted by atomic mass is 9.58. The van der Waals surface area contributed by atoms with E-state index in [2.05, 4.69) is 24.0 Å². The van der Waals surface area contributed by atoms with Gasteiger partial charge in [0.1, 0.15) is 0 Å². The molecular formula is C21H26N2O3. The van der Waals surface area contributed by atoms with Gasteiger partial charge in [-0.25, -0.2) is 0 Å². The zero-order chi connectivity index (χ0) is 18.2. The Morgan fingerprint density at radius 1 is 1.38 bits per heavy atom. The van der Waals surface area contributed by atoms with Gasteiger partial charge in [-0.05, 0) is 56.8 Å². The van der Waals surface area contributed by atoms with Crippen molar-refractivity contribution in [2.75, 3.05) is 25.1 Å². The first kappa shape index (κ1) is 16.2. The van der Waals surface area contributed by atoms with Gasteiger partial charge >= 0.3 is 0 Å². The molecule has 5 rings (SSSR count). The second-order valence-electron chi connectivity index (χ2n) is 8.16. The highest BCUT2D eigenvalue weighted by molar-refractivity contribution is 5.99. The molecule has 26 heavy (non-hydrogen) atoms. The minimum atomic E-state index is -0.108. The largest absolute Gasteiger partial charge is 0.503 e. The molecule has 2 saturated heterocycles. The maximum atomic E-state index is 12.7. The molecule has 5 heteroatoms. The van der Waals surface area contributed by atoms with E-state index in [-0.39, 0.29) is 23.1 Å². The molecule has 1 saturated carbocycles. The van der Waals surface area contributed by atoms with E-state index >= 15 is 0 Å². The number of piperidine rings is 1. The van der Waals surface area contributed by atoms with Crippen LogP contribution in [-0.4, -0.2) is 48.2 Å². The van der Waals surface area contributed by atoms with E-state index in [1.165, 1.54) is 12.0 Å². The van der Waals surface area contributed by atoms with Crippen molar-refractivity contribution in [3.8, 4) is 11.5 Å². The van der Waals surface area contributed by atoms with Gasteiger partial charge in [0.2, 0.25) is 5.91 Å². The Bertz CT molecular complexity index is 833. The molecule has 3 fully saturated rings. The molecule has 1 aromatic rings. The molecule has 0 radical (unpaired) electrons. The number of hydrogen-bond acceptors (Lipinski definition) is 4. The number of methoxy groups -OCH3 is 1. The summed E-state index contributed by atoms with van der Waals surface area (Å²) in [6, 6.07) is 4.42. The maximum absolute atomic E-state index is 12.7. The van der Waals surface area contributed by atoms with E-state index in [0.29, 0.717) is 23.4 Å². The highest BCUT2D eigenvalue weighted by Gasteiger charge is 2.66. The minimum Gasteiger partial charge on any atom is -0.503 e. The second-order valence-corrected chi connectivity index (χ2v) is 8.16. The Balaban J connectivity index is 1.80. The van der Waals surface area contributed by atoms with Crippen LogP contribution in [0.2, 0.25) is 0 Å². The van der Waals surface area contributed by atoms with E-state index < -0.39 is 0 Å². The number of aromatic hydroxyl groups is 1. The Labute approximate surface area is 154 Å². The molecule has 4 atom stereocenters. The van der Waals surface area contributed by atoms with Crippen molar-refractivity contribution in [1.29, 1.82) is 0 Å². The summed E-state index contributed by atoms with van der Waals surface area (Å²) in [4.78, 5) is 17.2. The topological polar surface area (TPSA) is 53.0 Å². The number of amides is 1. The lowest BCUT2D eigenvalue weighted by molar-refractivity contribution is -0.117. The number of ether oxygens (including phenoxy) is 1. The van der Waals surface area contributed by atoms with Crippen LogP contribution in [0.5, 0.6) is 11.5 Å². The molecule has 2 bridgehead atoms. The summed E-state index contributed by atoms with van der Waals surface area (Å²) in [6.45, 7) is 5.97. The molecule has 1 aliphatic carbocycles. The number of carbonyl (C=O) groups excluding carboxylic acids is 1. The van der Waals surface area contributed by atoms with E-state index in [9.17, 15) is 9.90 Å². The van der Waals surface area contributed by atoms with Crippen LogP contribution in [0, 0.1) is 5.92 Å². The summed E-state index contributed by atoms with van der Waals surface area (Å²) in [5.74, 6) is 1.10. The quantitative estimate of drug-likeness (QED) is 0.788. The second kappa shape index (κ2) is 5.26. The first-order valence-corrected chi connectivity index (χ1v) is 9.65. The lowest BCUT2D eigenvalue weighted by Gasteiger charge is -2.53. The van der Waals surface area contributed by atoms with Gasteiger partial charge in [0.25, 0.3) is 0 Å². The molecule has 1 aromatic carbocycles. The highest BCUT2D eigenvalue weighted by Crippen LogP contribution is 2.64. The number of rotatable bonds is 1. The molecule has 3 aliphatic heterocycles. The van der Waals surface area contributed by atoms with Gasteiger partial charge in [-0.2, -0.15) is 0 Å². The number of phenols is 1. The Morgan fingerprint density at radius 2 is 2.19 bits per heavy atom. The SMILES string of the molecule is CC=C1[C@@H]2CCN3CC[C@]4(c5ccc(OC)c(O)c5N(C(C)=O)[C@@H]4C2)[C@@H]13. The van der Waals surface area contributed by atoms with Crippen molar-refractivity contribution in [2.24, 2.45) is 5.92 Å². The number of nitrogens with zero attached hydrogens (tertiary/aromatic N) is 2. The van der Waals surface area contributed by atoms with Gasteiger partial charge < -0.3 is 14.7 Å². The van der Waals surface area contributed by atoms with Gasteiger partial charge in [0.15, 0.2) is 11.5 Å². The molecular weight excluding hydrogens is 328 g/mol. The van der Waals surface area contributed by atoms with E-state index in [4.69, 9.17) is 4.74 Å². The summed E-state index contributed by atoms with van der Waals surface area (Å²) >= 11 is 0. The molecule has 1 spiro atoms. The van der Waals surface area contributed by atoms with E-state index in [0.717, 1.165) is 31.5 Å². The van der Waals surface area contributed by atoms with Crippen LogP contribution < -0.4 is 9.64 Å². The highest BCUT2D eigenvalue weighted by atomic mass is 16.5. The average Bonchev–Trinajstić information content (AvgIpc) is 3.17. The van der Waals surface area contributed by atoms with E-state index in [1.807, 2.05) is 11.0 Å². The molecule has 1 N–H and O–H groups in total. The maximum Gasteiger partial charge on any atom is 0.224 e. The fourth-order valence-corrected chi connectivity index (χ4v) is 6.53. The van der Waals surface area contributed by atoms with Crippen molar-refractivity contribution in [1.82, 2.24) is 4.90 Å². The van der Waals surface area contributed by atoms with Gasteiger partial charge in [-0.1, -0.05) is 17.7 Å². The number of allylic oxidation sites excluding steroid dienone is 1. The van der Waals surface area contributed by atoms with Crippen LogP contribution in [0.15, 0.2) is 23.8 Å². The predicted octanol–water partition coefficient (Wildman–Crippen LogP) is 2.82. The van der Waals surface area contributed by atoms with Crippen LogP contribution >= 0.6 is 0 Å². The third-order valence-electron chi connectivity index (χ3n) is 7.38. The van der Waals surface area contributed by atoms with Crippen molar-refractivity contribution in [2.45, 2.75) is 50.6 Å². The number of carbonyl (C=O) groups is 1. The standard InChI is InChI=1S/C21H26N2O3/c1-4-14-13-7-9-22-10-8-21(20(14)22)15-5-6-16(26-3)19(25)18(15)23(12(2)24)17(21)11-13/h4-6,13,17,20,25H,7-11H2,1-3H3/t13-,17-,20-,21-/m1/s1. The molecule has 0 aromatic heterocycles. The van der Waals surface area contributed by atoms with Crippen LogP contribution in [0.4, 0.5) is 5.69 Å². The number of anilines is 1. The van der Waals surface area contributed by atoms with Crippen LogP contribution in [-0.2, 0) is 10.2 Å². The van der Waals surface area contributed by atoms with Crippen molar-refractivity contribution in [3.63, 3.8) is 0 Å². The third kappa shape index (κ3) is 1.68. The minimum absolute atomic E-state index is 0.0112. The predicted molar refractivity (Wildman–Crippen MR) is 99.7 cm³/mol. The molecule has 0 unspecified atom stereocenters. The van der Waals surface area contributed by atoms with Crippen LogP contribution in [0.1, 0.15) is 38.7 Å². The van der Waals surface area contributed by atoms with Gasteiger partial charge in [0.05, 0.1) is 12.8 Å². The first-order valence-electron chi connectivity index (χ1n) is 9.65. The Morgan fingerprint density at radius 3 is 2.88 bits per heavy atom. The molecule has 5 nitrogen and oxygen atoms in total. The lowest BCUT2D eigenvalue weighted by Crippen LogP contribution is -2.61. The molecule has 4 aliphatic rings. The van der Waals surface area contributed by atoms with Crippen LogP contribution in [0.25, 0.3) is 0 Å². The first-order chi connectivity index (χ1) is 12.5. The van der Waals surface area contributed by atoms with Crippen molar-refractivity contribution in [3.05, 3.63) is 29.3 Å². The smallest absolute Gasteiger partial charge is 0.224 e. The van der Waals surface area contributed by atoms with Crippen LogP contribution in [0.3, 0.4) is 0 Å². The summed E-state index contributed by atoms with van der Waals surface area (Å²) in [7, 11) is 1.56. The summed E-state index contributed by atoms with van der Waals surface area (Å²) in [6.07, 6.45) is 5.50. The number of benzene rings is 1. The van der Waals surface area contributed by atoms with Crippen molar-refractivity contribution >= 4 is 11.6 Å². The zero-order valence-electron chi connectivity index (χ0n) is 15.7. The summed E-state index contributed by atoms with van der Waals surface area (Å²) in [5, 5.41) is 10.9. The van der Waals surface area contributed by atoms with Gasteiger partial charge in [-0.3, -0.25) is 9.69 Å². The summed E-state index contributed by atoms with van der Waals surface area (Å²) in [5.41, 5.74) is 3.25. The molecule has 1 amide bonds. The average molecular weight is 354 g/mol. The molecule has 138 valence electrons. The van der Waals surface area contributed by atoms with Gasteiger partial charge in [-0.15, -0.1) is 0 Å².